The van der Waals surface area contributed by atoms with Gasteiger partial charge in [-0.1, -0.05) is 69.8 Å². The summed E-state index contributed by atoms with van der Waals surface area (Å²) in [4.78, 5) is 65.3. The molecule has 0 radical (unpaired) electrons. The van der Waals surface area contributed by atoms with E-state index < -0.39 is 29.4 Å². The smallest absolute Gasteiger partial charge is 0.266 e. The van der Waals surface area contributed by atoms with Gasteiger partial charge in [0.2, 0.25) is 0 Å². The monoisotopic (exact) mass is 570 g/mol. The summed E-state index contributed by atoms with van der Waals surface area (Å²) in [5.41, 5.74) is 4.76. The Morgan fingerprint density at radius 1 is 0.791 bits per heavy atom. The third kappa shape index (κ3) is 4.14. The molecule has 3 aliphatic rings. The van der Waals surface area contributed by atoms with Gasteiger partial charge in [0.25, 0.3) is 23.6 Å². The third-order valence-electron chi connectivity index (χ3n) is 8.89. The normalized spacial score (nSPS) is 22.3. The zero-order valence-corrected chi connectivity index (χ0v) is 24.4. The van der Waals surface area contributed by atoms with Gasteiger partial charge in [0.05, 0.1) is 27.9 Å². The maximum absolute atomic E-state index is 13.5. The van der Waals surface area contributed by atoms with Crippen molar-refractivity contribution < 1.29 is 24.0 Å². The molecule has 7 nitrogen and oxygen atoms in total. The topological polar surface area (TPSA) is 101 Å². The summed E-state index contributed by atoms with van der Waals surface area (Å²) in [6, 6.07) is 16.2. The molecule has 0 saturated heterocycles. The lowest BCUT2D eigenvalue weighted by molar-refractivity contribution is 0.0874. The number of nitrogens with one attached hydrogen (secondary N) is 1. The Morgan fingerprint density at radius 2 is 1.37 bits per heavy atom. The van der Waals surface area contributed by atoms with Crippen LogP contribution in [0, 0.1) is 5.41 Å². The number of imide groups is 2. The minimum Gasteiger partial charge on any atom is -0.289 e. The lowest BCUT2D eigenvalue weighted by Gasteiger charge is -2.28. The zero-order chi connectivity index (χ0) is 30.8. The first-order valence-electron chi connectivity index (χ1n) is 14.1. The van der Waals surface area contributed by atoms with Gasteiger partial charge in [0.1, 0.15) is 0 Å². The van der Waals surface area contributed by atoms with Gasteiger partial charge in [0, 0.05) is 16.5 Å². The van der Waals surface area contributed by atoms with Crippen LogP contribution in [0.25, 0.3) is 0 Å². The van der Waals surface area contributed by atoms with Crippen molar-refractivity contribution in [2.75, 3.05) is 4.90 Å². The molecule has 0 aromatic heterocycles. The van der Waals surface area contributed by atoms with Gasteiger partial charge in [0.15, 0.2) is 5.78 Å². The summed E-state index contributed by atoms with van der Waals surface area (Å²) in [6.07, 6.45) is 6.94. The molecular formula is C36H30N2O5. The number of ketones is 1. The molecule has 6 rings (SSSR count). The Morgan fingerprint density at radius 3 is 2.00 bits per heavy atom. The van der Waals surface area contributed by atoms with Gasteiger partial charge < -0.3 is 0 Å². The molecule has 2 aliphatic heterocycles. The Bertz CT molecular complexity index is 1880. The maximum atomic E-state index is 13.5. The largest absolute Gasteiger partial charge is 0.289 e. The highest BCUT2D eigenvalue weighted by Crippen LogP contribution is 2.57. The van der Waals surface area contributed by atoms with Gasteiger partial charge in [-0.05, 0) is 71.9 Å². The molecule has 1 fully saturated rings. The first-order valence-corrected chi connectivity index (χ1v) is 14.1. The van der Waals surface area contributed by atoms with E-state index in [0.717, 1.165) is 16.9 Å². The van der Waals surface area contributed by atoms with Crippen LogP contribution in [0.5, 0.6) is 0 Å². The number of rotatable bonds is 5. The van der Waals surface area contributed by atoms with E-state index in [9.17, 15) is 24.0 Å². The van der Waals surface area contributed by atoms with Crippen molar-refractivity contribution in [1.82, 2.24) is 5.32 Å². The average molecular weight is 571 g/mol. The van der Waals surface area contributed by atoms with E-state index in [1.54, 1.807) is 12.1 Å². The van der Waals surface area contributed by atoms with Crippen LogP contribution in [0.3, 0.4) is 0 Å². The molecule has 1 saturated carbocycles. The molecule has 3 aromatic rings. The quantitative estimate of drug-likeness (QED) is 0.285. The fourth-order valence-corrected chi connectivity index (χ4v) is 7.00. The Hall–Kier alpha value is -5.17. The molecule has 3 aromatic carbocycles. The van der Waals surface area contributed by atoms with Crippen LogP contribution in [0.2, 0.25) is 0 Å². The van der Waals surface area contributed by atoms with Crippen LogP contribution in [-0.4, -0.2) is 29.4 Å². The lowest BCUT2D eigenvalue weighted by atomic mass is 9.75. The summed E-state index contributed by atoms with van der Waals surface area (Å²) in [5, 5.41) is 2.20. The van der Waals surface area contributed by atoms with Gasteiger partial charge in [-0.3, -0.25) is 29.3 Å². The van der Waals surface area contributed by atoms with Crippen molar-refractivity contribution in [2.24, 2.45) is 5.41 Å². The zero-order valence-electron chi connectivity index (χ0n) is 24.4. The van der Waals surface area contributed by atoms with Crippen LogP contribution in [0.15, 0.2) is 96.6 Å². The number of allylic oxidation sites excluding steroid dienone is 5. The van der Waals surface area contributed by atoms with E-state index in [-0.39, 0.29) is 44.2 Å². The van der Waals surface area contributed by atoms with Crippen LogP contribution < -0.4 is 10.2 Å². The second kappa shape index (κ2) is 9.70. The molecule has 2 heterocycles. The number of carbonyl (C=O) groups is 5. The molecule has 0 bridgehead atoms. The number of anilines is 1. The lowest BCUT2D eigenvalue weighted by Crippen LogP contribution is -2.29. The Kier molecular flexibility index (Phi) is 6.31. The van der Waals surface area contributed by atoms with Crippen molar-refractivity contribution in [3.8, 4) is 0 Å². The molecule has 43 heavy (non-hydrogen) atoms. The summed E-state index contributed by atoms with van der Waals surface area (Å²) in [6.45, 7) is 12.7. The van der Waals surface area contributed by atoms with Crippen molar-refractivity contribution >= 4 is 35.1 Å². The third-order valence-corrected chi connectivity index (χ3v) is 8.89. The van der Waals surface area contributed by atoms with E-state index in [0.29, 0.717) is 5.69 Å². The molecule has 1 aliphatic carbocycles. The first-order chi connectivity index (χ1) is 20.4. The Labute approximate surface area is 249 Å². The fraction of sp³-hybridized carbons (Fsp3) is 0.194. The average Bonchev–Trinajstić information content (AvgIpc) is 3.50. The summed E-state index contributed by atoms with van der Waals surface area (Å²) in [5.74, 6) is -2.48. The van der Waals surface area contributed by atoms with E-state index in [1.165, 1.54) is 47.5 Å². The van der Waals surface area contributed by atoms with E-state index in [2.05, 4.69) is 51.7 Å². The summed E-state index contributed by atoms with van der Waals surface area (Å²) >= 11 is 0. The molecular weight excluding hydrogens is 540 g/mol. The highest BCUT2D eigenvalue weighted by molar-refractivity contribution is 6.35. The van der Waals surface area contributed by atoms with Gasteiger partial charge in [-0.2, -0.15) is 0 Å². The van der Waals surface area contributed by atoms with Crippen LogP contribution >= 0.6 is 0 Å². The van der Waals surface area contributed by atoms with Crippen LogP contribution in [0.1, 0.15) is 97.0 Å². The van der Waals surface area contributed by atoms with Crippen molar-refractivity contribution in [3.63, 3.8) is 0 Å². The highest BCUT2D eigenvalue weighted by Gasteiger charge is 2.48. The number of hydrogen-bond acceptors (Lipinski definition) is 5. The minimum atomic E-state index is -0.563. The number of fused-ring (bicyclic) bond motifs is 2. The summed E-state index contributed by atoms with van der Waals surface area (Å²) in [7, 11) is 0. The standard InChI is InChI=1S/C36H30N2O5/c1-6-8-29-28(7-2)35(3,4)19-36(29,5)22-11-13-23(14-12-22)38-33(42)25-16-10-21(18-27(25)34(38)43)30(39)20-9-15-24-26(17-20)32(41)37-31(24)40/h6-18H,1,19H2,2-5H3,(H,37,40,41)/b28-7+,29-8?. The van der Waals surface area contributed by atoms with E-state index in [4.69, 9.17) is 0 Å². The maximum Gasteiger partial charge on any atom is 0.266 e. The first kappa shape index (κ1) is 28.0. The molecule has 0 spiro atoms. The molecule has 7 heteroatoms. The second-order valence-electron chi connectivity index (χ2n) is 12.0. The summed E-state index contributed by atoms with van der Waals surface area (Å²) < 4.78 is 0. The molecule has 1 N–H and O–H groups in total. The van der Waals surface area contributed by atoms with Gasteiger partial charge >= 0.3 is 0 Å². The van der Waals surface area contributed by atoms with Crippen LogP contribution in [-0.2, 0) is 5.41 Å². The Balaban J connectivity index is 1.29. The van der Waals surface area contributed by atoms with Crippen molar-refractivity contribution in [3.05, 3.63) is 136 Å². The predicted molar refractivity (Wildman–Crippen MR) is 163 cm³/mol. The fourth-order valence-electron chi connectivity index (χ4n) is 7.00. The highest BCUT2D eigenvalue weighted by atomic mass is 16.2. The van der Waals surface area contributed by atoms with E-state index >= 15 is 0 Å². The predicted octanol–water partition coefficient (Wildman–Crippen LogP) is 6.35. The van der Waals surface area contributed by atoms with Crippen molar-refractivity contribution in [2.45, 2.75) is 39.5 Å². The molecule has 214 valence electrons. The molecule has 4 amide bonds. The minimum absolute atomic E-state index is 0.0294. The van der Waals surface area contributed by atoms with Crippen LogP contribution in [0.4, 0.5) is 5.69 Å². The number of hydrogen-bond donors (Lipinski definition) is 1. The number of nitrogens with zero attached hydrogens (tertiary/aromatic N) is 1. The van der Waals surface area contributed by atoms with Crippen molar-refractivity contribution in [1.29, 1.82) is 0 Å². The molecule has 1 atom stereocenters. The number of amides is 4. The van der Waals surface area contributed by atoms with Gasteiger partial charge in [-0.15, -0.1) is 0 Å². The number of carbonyl (C=O) groups excluding carboxylic acids is 5. The van der Waals surface area contributed by atoms with E-state index in [1.807, 2.05) is 18.2 Å². The SMILES string of the molecule is C=CC=C1/C(=C\C)C(C)(C)CC1(C)c1ccc(N2C(=O)c3ccc(C(=O)c4ccc5c(c4)C(=O)NC5=O)cc3C2=O)cc1. The molecule has 1 unspecified atom stereocenters. The van der Waals surface area contributed by atoms with Gasteiger partial charge in [-0.25, -0.2) is 4.90 Å². The number of benzene rings is 3. The second-order valence-corrected chi connectivity index (χ2v) is 12.0.